The Kier molecular flexibility index (Phi) is 6.73. The van der Waals surface area contributed by atoms with Crippen molar-refractivity contribution in [2.45, 2.75) is 15.2 Å². The van der Waals surface area contributed by atoms with E-state index in [4.69, 9.17) is 9.72 Å². The summed E-state index contributed by atoms with van der Waals surface area (Å²) < 4.78 is 6.54. The molecule has 0 saturated heterocycles. The van der Waals surface area contributed by atoms with E-state index in [1.807, 2.05) is 74.6 Å². The van der Waals surface area contributed by atoms with Crippen molar-refractivity contribution < 1.29 is 4.74 Å². The van der Waals surface area contributed by atoms with Crippen LogP contribution in [0.15, 0.2) is 150 Å². The molecule has 4 aromatic carbocycles. The molecule has 0 atom stereocenters. The summed E-state index contributed by atoms with van der Waals surface area (Å²) in [4.78, 5) is 14.1. The van der Waals surface area contributed by atoms with E-state index in [1.54, 1.807) is 0 Å². The number of hydrogen-bond acceptors (Lipinski definition) is 5. The van der Waals surface area contributed by atoms with Gasteiger partial charge in [0.1, 0.15) is 11.5 Å². The Bertz CT molecular complexity index is 1840. The maximum absolute atomic E-state index is 6.54. The number of pyridine rings is 2. The van der Waals surface area contributed by atoms with Gasteiger partial charge < -0.3 is 9.64 Å². The number of rotatable bonds is 6. The highest BCUT2D eigenvalue weighted by Crippen LogP contribution is 2.55. The molecule has 7 rings (SSSR count). The van der Waals surface area contributed by atoms with E-state index >= 15 is 0 Å². The zero-order valence-corrected chi connectivity index (χ0v) is 24.3. The highest BCUT2D eigenvalue weighted by Gasteiger charge is 2.45. The van der Waals surface area contributed by atoms with Crippen molar-refractivity contribution in [1.29, 1.82) is 0 Å². The van der Waals surface area contributed by atoms with Crippen LogP contribution in [0.2, 0.25) is 0 Å². The lowest BCUT2D eigenvalue weighted by Gasteiger charge is -2.40. The van der Waals surface area contributed by atoms with E-state index < -0.39 is 5.41 Å². The van der Waals surface area contributed by atoms with Crippen LogP contribution in [0.5, 0.6) is 11.5 Å². The maximum atomic E-state index is 6.54. The third-order valence-electron chi connectivity index (χ3n) is 7.74. The predicted molar refractivity (Wildman–Crippen MR) is 171 cm³/mol. The first-order valence-electron chi connectivity index (χ1n) is 13.9. The average molecular weight is 564 g/mol. The van der Waals surface area contributed by atoms with Crippen LogP contribution >= 0.6 is 11.8 Å². The number of anilines is 1. The fourth-order valence-corrected chi connectivity index (χ4v) is 7.01. The van der Waals surface area contributed by atoms with E-state index in [2.05, 4.69) is 101 Å². The lowest BCUT2D eigenvalue weighted by molar-refractivity contribution is 0.481. The third-order valence-corrected chi connectivity index (χ3v) is 8.90. The van der Waals surface area contributed by atoms with E-state index in [1.165, 1.54) is 20.9 Å². The summed E-state index contributed by atoms with van der Waals surface area (Å²) in [6.07, 6.45) is 3.73. The number of hydrogen-bond donors (Lipinski definition) is 0. The SMILES string of the molecule is CN(C)c1ccnc(-c2cccc(Oc3cccc(C4(c5ccccn5)c5ccccc5Sc5ccccc54)c3)c2)c1. The highest BCUT2D eigenvalue weighted by atomic mass is 32.2. The van der Waals surface area contributed by atoms with Crippen molar-refractivity contribution in [3.8, 4) is 22.8 Å². The second kappa shape index (κ2) is 10.8. The van der Waals surface area contributed by atoms with Gasteiger partial charge in [-0.3, -0.25) is 9.97 Å². The molecule has 0 fully saturated rings. The Balaban J connectivity index is 1.35. The van der Waals surface area contributed by atoms with Gasteiger partial charge in [-0.05, 0) is 77.4 Å². The normalized spacial score (nSPS) is 13.1. The smallest absolute Gasteiger partial charge is 0.128 e. The molecule has 5 heteroatoms. The lowest BCUT2D eigenvalue weighted by atomic mass is 9.66. The van der Waals surface area contributed by atoms with Gasteiger partial charge in [0, 0.05) is 47.5 Å². The fourth-order valence-electron chi connectivity index (χ4n) is 5.82. The van der Waals surface area contributed by atoms with Crippen LogP contribution in [-0.2, 0) is 5.41 Å². The van der Waals surface area contributed by atoms with Gasteiger partial charge in [-0.15, -0.1) is 0 Å². The molecule has 0 N–H and O–H groups in total. The molecule has 0 radical (unpaired) electrons. The average Bonchev–Trinajstić information content (AvgIpc) is 3.04. The van der Waals surface area contributed by atoms with Gasteiger partial charge in [0.05, 0.1) is 16.8 Å². The summed E-state index contributed by atoms with van der Waals surface area (Å²) in [6.45, 7) is 0. The van der Waals surface area contributed by atoms with Crippen LogP contribution < -0.4 is 9.64 Å². The molecule has 3 heterocycles. The van der Waals surface area contributed by atoms with Gasteiger partial charge in [0.25, 0.3) is 0 Å². The Morgan fingerprint density at radius 2 is 1.31 bits per heavy atom. The van der Waals surface area contributed by atoms with Crippen molar-refractivity contribution in [2.24, 2.45) is 0 Å². The Morgan fingerprint density at radius 3 is 2.02 bits per heavy atom. The van der Waals surface area contributed by atoms with Crippen molar-refractivity contribution in [3.05, 3.63) is 162 Å². The summed E-state index contributed by atoms with van der Waals surface area (Å²) in [6, 6.07) is 44.2. The zero-order valence-electron chi connectivity index (χ0n) is 23.4. The van der Waals surface area contributed by atoms with Crippen molar-refractivity contribution in [2.75, 3.05) is 19.0 Å². The van der Waals surface area contributed by atoms with Gasteiger partial charge in [-0.1, -0.05) is 78.5 Å². The first-order valence-corrected chi connectivity index (χ1v) is 14.8. The standard InChI is InChI=1S/C37H29N3OS/c1-40(2)28-20-22-38-33(25-28)26-11-9-13-29(23-26)41-30-14-10-12-27(24-30)37(36-19-7-8-21-39-36)31-15-3-5-17-34(31)42-35-18-6-4-16-32(35)37/h3-25H,1-2H3. The predicted octanol–water partition coefficient (Wildman–Crippen LogP) is 8.85. The summed E-state index contributed by atoms with van der Waals surface area (Å²) in [5.41, 5.74) is 6.94. The minimum atomic E-state index is -0.600. The summed E-state index contributed by atoms with van der Waals surface area (Å²) in [5, 5.41) is 0. The van der Waals surface area contributed by atoms with Crippen molar-refractivity contribution in [1.82, 2.24) is 9.97 Å². The van der Waals surface area contributed by atoms with Gasteiger partial charge in [-0.25, -0.2) is 0 Å². The molecular weight excluding hydrogens is 534 g/mol. The van der Waals surface area contributed by atoms with Crippen LogP contribution in [0.4, 0.5) is 5.69 Å². The molecular formula is C37H29N3OS. The Hall–Kier alpha value is -4.87. The van der Waals surface area contributed by atoms with Crippen LogP contribution in [0.1, 0.15) is 22.4 Å². The molecule has 1 aliphatic rings. The van der Waals surface area contributed by atoms with Gasteiger partial charge in [0.2, 0.25) is 0 Å². The molecule has 0 unspecified atom stereocenters. The van der Waals surface area contributed by atoms with Crippen molar-refractivity contribution >= 4 is 17.4 Å². The van der Waals surface area contributed by atoms with Crippen LogP contribution in [-0.4, -0.2) is 24.1 Å². The second-order valence-electron chi connectivity index (χ2n) is 10.5. The third kappa shape index (κ3) is 4.52. The summed E-state index contributed by atoms with van der Waals surface area (Å²) >= 11 is 1.82. The zero-order chi connectivity index (χ0) is 28.5. The minimum absolute atomic E-state index is 0.600. The van der Waals surface area contributed by atoms with Gasteiger partial charge in [-0.2, -0.15) is 0 Å². The van der Waals surface area contributed by atoms with Crippen LogP contribution in [0, 0.1) is 0 Å². The Labute approximate surface area is 250 Å². The van der Waals surface area contributed by atoms with E-state index in [-0.39, 0.29) is 0 Å². The highest BCUT2D eigenvalue weighted by molar-refractivity contribution is 7.99. The molecule has 204 valence electrons. The first kappa shape index (κ1) is 26.1. The number of ether oxygens (including phenoxy) is 1. The molecule has 42 heavy (non-hydrogen) atoms. The monoisotopic (exact) mass is 563 g/mol. The maximum Gasteiger partial charge on any atom is 0.128 e. The largest absolute Gasteiger partial charge is 0.457 e. The van der Waals surface area contributed by atoms with Gasteiger partial charge in [0.15, 0.2) is 0 Å². The molecule has 0 amide bonds. The van der Waals surface area contributed by atoms with Crippen LogP contribution in [0.3, 0.4) is 0 Å². The number of nitrogens with zero attached hydrogens (tertiary/aromatic N) is 3. The summed E-state index contributed by atoms with van der Waals surface area (Å²) in [7, 11) is 4.07. The molecule has 0 saturated carbocycles. The molecule has 6 aromatic rings. The fraction of sp³-hybridized carbons (Fsp3) is 0.0811. The molecule has 1 aliphatic heterocycles. The minimum Gasteiger partial charge on any atom is -0.457 e. The van der Waals surface area contributed by atoms with Gasteiger partial charge >= 0.3 is 0 Å². The first-order chi connectivity index (χ1) is 20.6. The van der Waals surface area contributed by atoms with E-state index in [9.17, 15) is 0 Å². The number of fused-ring (bicyclic) bond motifs is 2. The molecule has 2 aromatic heterocycles. The quantitative estimate of drug-likeness (QED) is 0.202. The topological polar surface area (TPSA) is 38.2 Å². The van der Waals surface area contributed by atoms with Crippen molar-refractivity contribution in [3.63, 3.8) is 0 Å². The molecule has 0 aliphatic carbocycles. The number of aromatic nitrogens is 2. The lowest BCUT2D eigenvalue weighted by Crippen LogP contribution is -2.34. The second-order valence-corrected chi connectivity index (χ2v) is 11.6. The molecule has 0 spiro atoms. The van der Waals surface area contributed by atoms with Crippen LogP contribution in [0.25, 0.3) is 11.3 Å². The number of benzene rings is 4. The summed E-state index contributed by atoms with van der Waals surface area (Å²) in [5.74, 6) is 1.52. The van der Waals surface area contributed by atoms with E-state index in [0.717, 1.165) is 39.7 Å². The molecule has 0 bridgehead atoms. The molecule has 4 nitrogen and oxygen atoms in total. The Morgan fingerprint density at radius 1 is 0.619 bits per heavy atom. The van der Waals surface area contributed by atoms with E-state index in [0.29, 0.717) is 0 Å².